The van der Waals surface area contributed by atoms with Gasteiger partial charge in [0.15, 0.2) is 0 Å². The quantitative estimate of drug-likeness (QED) is 0.188. The molecule has 6 rings (SSSR count). The molecule has 2 aromatic heterocycles. The first-order valence-electron chi connectivity index (χ1n) is 15.4. The molecule has 0 saturated carbocycles. The number of fused-ring (bicyclic) bond motifs is 1. The van der Waals surface area contributed by atoms with E-state index in [0.717, 1.165) is 54.7 Å². The lowest BCUT2D eigenvalue weighted by molar-refractivity contribution is -0.116. The molecule has 1 fully saturated rings. The van der Waals surface area contributed by atoms with Crippen molar-refractivity contribution >= 4 is 41.0 Å². The van der Waals surface area contributed by atoms with Crippen LogP contribution in [0.2, 0.25) is 0 Å². The maximum Gasteiger partial charge on any atom is 0.324 e. The molecule has 240 valence electrons. The fraction of sp³-hybridized carbons (Fsp3) is 0.353. The van der Waals surface area contributed by atoms with Gasteiger partial charge in [-0.3, -0.25) is 15.0 Å². The average molecular weight is 642 g/mol. The second-order valence-electron chi connectivity index (χ2n) is 12.4. The van der Waals surface area contributed by atoms with Crippen LogP contribution in [0.25, 0.3) is 5.69 Å². The Labute approximate surface area is 273 Å². The number of thioether (sulfide) groups is 1. The van der Waals surface area contributed by atoms with Crippen LogP contribution in [0.4, 0.5) is 22.1 Å². The molecule has 2 aliphatic rings. The number of pyridine rings is 1. The van der Waals surface area contributed by atoms with E-state index in [0.29, 0.717) is 41.7 Å². The van der Waals surface area contributed by atoms with Crippen molar-refractivity contribution in [3.05, 3.63) is 77.6 Å². The molecule has 46 heavy (non-hydrogen) atoms. The van der Waals surface area contributed by atoms with Gasteiger partial charge in [-0.2, -0.15) is 5.10 Å². The number of urea groups is 1. The van der Waals surface area contributed by atoms with Crippen molar-refractivity contribution < 1.29 is 19.1 Å². The van der Waals surface area contributed by atoms with E-state index in [1.807, 2.05) is 42.7 Å². The Hall–Kier alpha value is -4.39. The summed E-state index contributed by atoms with van der Waals surface area (Å²) in [5.74, 6) is 2.32. The molecular formula is C34H39N7O4S. The molecule has 12 heteroatoms. The first-order chi connectivity index (χ1) is 22.2. The second-order valence-corrected chi connectivity index (χ2v) is 13.2. The number of aromatic nitrogens is 3. The van der Waals surface area contributed by atoms with Gasteiger partial charge in [-0.15, -0.1) is 11.8 Å². The molecule has 0 unspecified atom stereocenters. The topological polar surface area (TPSA) is 123 Å². The Bertz CT molecular complexity index is 1730. The Morgan fingerprint density at radius 1 is 1.04 bits per heavy atom. The summed E-state index contributed by atoms with van der Waals surface area (Å²) in [4.78, 5) is 32.6. The standard InChI is InChI=1S/C34H39N7O4S/c1-34(2,3)29-20-30(41(39-29)23-7-5-22(6-8-23)21-40-15-17-44-18-16-40)37-33(43)36-26-11-9-24(19-28(26)46-4)45-27-13-14-35-32-25(27)10-12-31(42)38-32/h5-9,11,13-14,19-20H,10,12,15-18,21H2,1-4H3,(H,35,38,42)(H2,36,37,43). The normalized spacial score (nSPS) is 15.2. The number of ether oxygens (including phenoxy) is 2. The summed E-state index contributed by atoms with van der Waals surface area (Å²) in [6.07, 6.45) is 4.51. The summed E-state index contributed by atoms with van der Waals surface area (Å²) in [6, 6.07) is 17.1. The third-order valence-electron chi connectivity index (χ3n) is 7.93. The molecule has 1 saturated heterocycles. The van der Waals surface area contributed by atoms with Crippen molar-refractivity contribution in [1.29, 1.82) is 0 Å². The smallest absolute Gasteiger partial charge is 0.324 e. The van der Waals surface area contributed by atoms with Gasteiger partial charge in [0.25, 0.3) is 0 Å². The maximum absolute atomic E-state index is 13.4. The van der Waals surface area contributed by atoms with Crippen LogP contribution in [0.15, 0.2) is 65.7 Å². The molecule has 2 aromatic carbocycles. The molecule has 3 N–H and O–H groups in total. The molecule has 11 nitrogen and oxygen atoms in total. The van der Waals surface area contributed by atoms with Gasteiger partial charge in [0.05, 0.1) is 30.3 Å². The summed E-state index contributed by atoms with van der Waals surface area (Å²) in [7, 11) is 0. The monoisotopic (exact) mass is 641 g/mol. The van der Waals surface area contributed by atoms with E-state index in [-0.39, 0.29) is 17.4 Å². The minimum Gasteiger partial charge on any atom is -0.457 e. The van der Waals surface area contributed by atoms with Gasteiger partial charge < -0.3 is 20.1 Å². The number of carbonyl (C=O) groups is 2. The van der Waals surface area contributed by atoms with Crippen LogP contribution >= 0.6 is 11.8 Å². The second kappa shape index (κ2) is 13.5. The molecule has 2 aliphatic heterocycles. The van der Waals surface area contributed by atoms with Gasteiger partial charge in [-0.05, 0) is 54.6 Å². The van der Waals surface area contributed by atoms with E-state index in [2.05, 4.69) is 58.7 Å². The Kier molecular flexibility index (Phi) is 9.29. The number of anilines is 3. The third-order valence-corrected chi connectivity index (χ3v) is 8.71. The van der Waals surface area contributed by atoms with E-state index >= 15 is 0 Å². The van der Waals surface area contributed by atoms with Crippen molar-refractivity contribution in [3.8, 4) is 17.2 Å². The number of amides is 3. The third kappa shape index (κ3) is 7.35. The highest BCUT2D eigenvalue weighted by Gasteiger charge is 2.23. The molecular weight excluding hydrogens is 602 g/mol. The van der Waals surface area contributed by atoms with Crippen molar-refractivity contribution in [2.24, 2.45) is 0 Å². The molecule has 0 spiro atoms. The molecule has 4 aromatic rings. The van der Waals surface area contributed by atoms with E-state index in [1.165, 1.54) is 17.3 Å². The lowest BCUT2D eigenvalue weighted by atomic mass is 9.92. The highest BCUT2D eigenvalue weighted by molar-refractivity contribution is 7.98. The first kappa shape index (κ1) is 31.6. The summed E-state index contributed by atoms with van der Waals surface area (Å²) >= 11 is 1.50. The SMILES string of the molecule is CSc1cc(Oc2ccnc3c2CCC(=O)N3)ccc1NC(=O)Nc1cc(C(C)(C)C)nn1-c1ccc(CN2CCOCC2)cc1. The van der Waals surface area contributed by atoms with E-state index < -0.39 is 0 Å². The Morgan fingerprint density at radius 3 is 2.57 bits per heavy atom. The predicted octanol–water partition coefficient (Wildman–Crippen LogP) is 6.44. The van der Waals surface area contributed by atoms with Gasteiger partial charge in [-0.1, -0.05) is 32.9 Å². The summed E-state index contributed by atoms with van der Waals surface area (Å²) in [5, 5.41) is 13.7. The number of hydrogen-bond acceptors (Lipinski definition) is 8. The van der Waals surface area contributed by atoms with Crippen LogP contribution < -0.4 is 20.7 Å². The molecule has 0 atom stereocenters. The highest BCUT2D eigenvalue weighted by Crippen LogP contribution is 2.36. The minimum atomic E-state index is -0.381. The van der Waals surface area contributed by atoms with Crippen LogP contribution in [0.1, 0.15) is 44.0 Å². The summed E-state index contributed by atoms with van der Waals surface area (Å²) in [5.41, 5.74) is 4.25. The van der Waals surface area contributed by atoms with Crippen LogP contribution in [0, 0.1) is 0 Å². The number of benzene rings is 2. The Morgan fingerprint density at radius 2 is 1.83 bits per heavy atom. The molecule has 4 heterocycles. The largest absolute Gasteiger partial charge is 0.457 e. The first-order valence-corrected chi connectivity index (χ1v) is 16.6. The van der Waals surface area contributed by atoms with Crippen LogP contribution in [0.5, 0.6) is 11.5 Å². The number of rotatable bonds is 8. The number of carbonyl (C=O) groups excluding carboxylic acids is 2. The highest BCUT2D eigenvalue weighted by atomic mass is 32.2. The fourth-order valence-corrected chi connectivity index (χ4v) is 5.95. The lowest BCUT2D eigenvalue weighted by Gasteiger charge is -2.26. The van der Waals surface area contributed by atoms with Crippen molar-refractivity contribution in [2.75, 3.05) is 48.5 Å². The molecule has 0 radical (unpaired) electrons. The van der Waals surface area contributed by atoms with E-state index in [4.69, 9.17) is 14.6 Å². The maximum atomic E-state index is 13.4. The van der Waals surface area contributed by atoms with Gasteiger partial charge >= 0.3 is 6.03 Å². The van der Waals surface area contributed by atoms with Crippen LogP contribution in [-0.2, 0) is 27.9 Å². The predicted molar refractivity (Wildman–Crippen MR) is 180 cm³/mol. The van der Waals surface area contributed by atoms with Gasteiger partial charge in [0.1, 0.15) is 23.1 Å². The van der Waals surface area contributed by atoms with Gasteiger partial charge in [0, 0.05) is 54.2 Å². The Balaban J connectivity index is 1.17. The zero-order chi connectivity index (χ0) is 32.3. The van der Waals surface area contributed by atoms with Crippen molar-refractivity contribution in [1.82, 2.24) is 19.7 Å². The van der Waals surface area contributed by atoms with E-state index in [9.17, 15) is 9.59 Å². The van der Waals surface area contributed by atoms with Crippen LogP contribution in [-0.4, -0.2) is 64.2 Å². The summed E-state index contributed by atoms with van der Waals surface area (Å²) < 4.78 is 13.5. The lowest BCUT2D eigenvalue weighted by Crippen LogP contribution is -2.35. The van der Waals surface area contributed by atoms with Gasteiger partial charge in [0.2, 0.25) is 5.91 Å². The number of nitrogens with one attached hydrogen (secondary N) is 3. The number of nitrogens with zero attached hydrogens (tertiary/aromatic N) is 4. The van der Waals surface area contributed by atoms with Crippen molar-refractivity contribution in [3.63, 3.8) is 0 Å². The molecule has 0 aliphatic carbocycles. The average Bonchev–Trinajstić information content (AvgIpc) is 3.47. The fourth-order valence-electron chi connectivity index (χ4n) is 5.38. The number of morpholine rings is 1. The zero-order valence-corrected chi connectivity index (χ0v) is 27.4. The number of hydrogen-bond donors (Lipinski definition) is 3. The van der Waals surface area contributed by atoms with Gasteiger partial charge in [-0.25, -0.2) is 14.5 Å². The summed E-state index contributed by atoms with van der Waals surface area (Å²) in [6.45, 7) is 10.6. The minimum absolute atomic E-state index is 0.0504. The van der Waals surface area contributed by atoms with E-state index in [1.54, 1.807) is 16.9 Å². The molecule has 3 amide bonds. The van der Waals surface area contributed by atoms with Crippen molar-refractivity contribution in [2.45, 2.75) is 50.5 Å². The van der Waals surface area contributed by atoms with Crippen LogP contribution in [0.3, 0.4) is 0 Å². The molecule has 0 bridgehead atoms. The zero-order valence-electron chi connectivity index (χ0n) is 26.6.